The van der Waals surface area contributed by atoms with Gasteiger partial charge in [-0.25, -0.2) is 19.4 Å². The van der Waals surface area contributed by atoms with Crippen molar-refractivity contribution in [1.82, 2.24) is 19.7 Å². The number of aromatic nitrogens is 4. The van der Waals surface area contributed by atoms with E-state index in [0.29, 0.717) is 18.4 Å². The number of benzene rings is 3. The maximum absolute atomic E-state index is 10.9. The van der Waals surface area contributed by atoms with E-state index in [-0.39, 0.29) is 0 Å². The van der Waals surface area contributed by atoms with Crippen LogP contribution in [0.4, 0.5) is 11.5 Å². The van der Waals surface area contributed by atoms with Gasteiger partial charge in [-0.15, -0.1) is 0 Å². The number of nitrogens with one attached hydrogen (secondary N) is 1. The zero-order chi connectivity index (χ0) is 28.8. The minimum atomic E-state index is -1.11. The van der Waals surface area contributed by atoms with Crippen molar-refractivity contribution in [3.8, 4) is 22.5 Å². The molecular weight excluding hydrogens is 530 g/mol. The molecule has 2 N–H and O–H groups in total. The van der Waals surface area contributed by atoms with Crippen molar-refractivity contribution in [2.75, 3.05) is 11.9 Å². The minimum absolute atomic E-state index is 0.450. The van der Waals surface area contributed by atoms with E-state index < -0.39 is 14.0 Å². The van der Waals surface area contributed by atoms with Crippen LogP contribution in [-0.4, -0.2) is 45.5 Å². The number of carbonyl (C=O) groups is 1. The van der Waals surface area contributed by atoms with Gasteiger partial charge in [-0.1, -0.05) is 62.1 Å². The maximum Gasteiger partial charge on any atom is 0.328 e. The second-order valence-electron chi connectivity index (χ2n) is 11.0. The van der Waals surface area contributed by atoms with Gasteiger partial charge in [0, 0.05) is 49.2 Å². The summed E-state index contributed by atoms with van der Waals surface area (Å²) >= 11 is 0. The van der Waals surface area contributed by atoms with Crippen LogP contribution >= 0.6 is 0 Å². The van der Waals surface area contributed by atoms with E-state index in [2.05, 4.69) is 42.2 Å². The number of para-hydroxylation sites is 1. The SMILES string of the molecule is C[Si](C)(C)CCOCn1cc(-c2ccc(Nc3nc(-c4cccc(/C=C/C(=O)O)c4)nc4ccccc34)cc2)cn1. The Balaban J connectivity index is 1.34. The molecule has 5 aromatic rings. The van der Waals surface area contributed by atoms with Gasteiger partial charge in [0.05, 0.1) is 11.7 Å². The van der Waals surface area contributed by atoms with Gasteiger partial charge in [-0.2, -0.15) is 5.10 Å². The predicted molar refractivity (Wildman–Crippen MR) is 167 cm³/mol. The molecule has 0 aliphatic carbocycles. The van der Waals surface area contributed by atoms with Crippen LogP contribution in [0.25, 0.3) is 39.5 Å². The molecule has 2 aromatic heterocycles. The summed E-state index contributed by atoms with van der Waals surface area (Å²) in [5.41, 5.74) is 5.34. The lowest BCUT2D eigenvalue weighted by Crippen LogP contribution is -2.22. The third kappa shape index (κ3) is 7.53. The molecule has 208 valence electrons. The molecule has 0 saturated heterocycles. The van der Waals surface area contributed by atoms with E-state index in [4.69, 9.17) is 19.8 Å². The number of anilines is 2. The van der Waals surface area contributed by atoms with E-state index in [1.54, 1.807) is 6.08 Å². The molecule has 0 fully saturated rings. The predicted octanol–water partition coefficient (Wildman–Crippen LogP) is 7.31. The third-order valence-corrected chi connectivity index (χ3v) is 8.20. The smallest absolute Gasteiger partial charge is 0.328 e. The molecule has 3 aromatic carbocycles. The van der Waals surface area contributed by atoms with Crippen molar-refractivity contribution < 1.29 is 14.6 Å². The Kier molecular flexibility index (Phi) is 8.37. The Hall–Kier alpha value is -4.60. The first-order valence-corrected chi connectivity index (χ1v) is 17.2. The Labute approximate surface area is 240 Å². The lowest BCUT2D eigenvalue weighted by Gasteiger charge is -2.15. The van der Waals surface area contributed by atoms with Crippen molar-refractivity contribution >= 4 is 42.5 Å². The number of nitrogens with zero attached hydrogens (tertiary/aromatic N) is 4. The number of hydrogen-bond acceptors (Lipinski definition) is 6. The fourth-order valence-electron chi connectivity index (χ4n) is 4.25. The number of rotatable bonds is 11. The molecule has 0 bridgehead atoms. The van der Waals surface area contributed by atoms with Gasteiger partial charge >= 0.3 is 5.97 Å². The summed E-state index contributed by atoms with van der Waals surface area (Å²) in [6.45, 7) is 8.24. The molecule has 0 unspecified atom stereocenters. The normalized spacial score (nSPS) is 11.8. The molecule has 9 heteroatoms. The number of fused-ring (bicyclic) bond motifs is 1. The van der Waals surface area contributed by atoms with E-state index in [0.717, 1.165) is 57.6 Å². The highest BCUT2D eigenvalue weighted by Gasteiger charge is 2.13. The second kappa shape index (κ2) is 12.3. The molecule has 2 heterocycles. The number of aliphatic carboxylic acids is 1. The van der Waals surface area contributed by atoms with Gasteiger partial charge < -0.3 is 15.2 Å². The Morgan fingerprint density at radius 3 is 2.56 bits per heavy atom. The molecule has 0 aliphatic heterocycles. The summed E-state index contributed by atoms with van der Waals surface area (Å²) in [5.74, 6) is 0.242. The lowest BCUT2D eigenvalue weighted by molar-refractivity contribution is -0.131. The third-order valence-electron chi connectivity index (χ3n) is 6.50. The summed E-state index contributed by atoms with van der Waals surface area (Å²) in [7, 11) is -1.11. The van der Waals surface area contributed by atoms with Crippen molar-refractivity contribution in [1.29, 1.82) is 0 Å². The van der Waals surface area contributed by atoms with Crippen LogP contribution in [0.5, 0.6) is 0 Å². The molecule has 0 spiro atoms. The van der Waals surface area contributed by atoms with Gasteiger partial charge in [0.1, 0.15) is 12.5 Å². The van der Waals surface area contributed by atoms with Crippen LogP contribution < -0.4 is 5.32 Å². The van der Waals surface area contributed by atoms with Crippen molar-refractivity contribution in [3.63, 3.8) is 0 Å². The Morgan fingerprint density at radius 1 is 0.976 bits per heavy atom. The molecule has 41 heavy (non-hydrogen) atoms. The van der Waals surface area contributed by atoms with Crippen molar-refractivity contribution in [2.45, 2.75) is 32.4 Å². The quantitative estimate of drug-likeness (QED) is 0.0986. The van der Waals surface area contributed by atoms with Crippen molar-refractivity contribution in [3.05, 3.63) is 96.8 Å². The zero-order valence-corrected chi connectivity index (χ0v) is 24.4. The molecule has 5 rings (SSSR count). The number of ether oxygens (including phenoxy) is 1. The van der Waals surface area contributed by atoms with Gasteiger partial charge in [0.25, 0.3) is 0 Å². The maximum atomic E-state index is 10.9. The van der Waals surface area contributed by atoms with Crippen LogP contribution in [0.3, 0.4) is 0 Å². The van der Waals surface area contributed by atoms with Gasteiger partial charge in [-0.05, 0) is 53.6 Å². The van der Waals surface area contributed by atoms with Crippen LogP contribution in [0, 0.1) is 0 Å². The molecular formula is C32H33N5O3Si. The Morgan fingerprint density at radius 2 is 1.78 bits per heavy atom. The summed E-state index contributed by atoms with van der Waals surface area (Å²) < 4.78 is 7.65. The molecule has 0 amide bonds. The first-order valence-electron chi connectivity index (χ1n) is 13.5. The van der Waals surface area contributed by atoms with Gasteiger partial charge in [0.2, 0.25) is 0 Å². The summed E-state index contributed by atoms with van der Waals surface area (Å²) in [6.07, 6.45) is 6.53. The summed E-state index contributed by atoms with van der Waals surface area (Å²) in [6, 6.07) is 24.6. The fraction of sp³-hybridized carbons (Fsp3) is 0.188. The first kappa shape index (κ1) is 27.9. The number of carboxylic acid groups (broad SMARTS) is 1. The standard InChI is InChI=1S/C32H33N5O3Si/c1-41(2,3)18-17-40-22-37-21-26(20-33-37)24-12-14-27(15-13-24)34-32-28-9-4-5-10-29(28)35-31(36-32)25-8-6-7-23(19-25)11-16-30(38)39/h4-16,19-21H,17-18,22H2,1-3H3,(H,38,39)(H,34,35,36)/b16-11+. The molecule has 0 saturated carbocycles. The number of hydrogen-bond donors (Lipinski definition) is 2. The monoisotopic (exact) mass is 563 g/mol. The number of carboxylic acids is 1. The average Bonchev–Trinajstić information content (AvgIpc) is 3.43. The van der Waals surface area contributed by atoms with E-state index in [1.165, 1.54) is 0 Å². The van der Waals surface area contributed by atoms with Crippen LogP contribution in [0.1, 0.15) is 5.56 Å². The highest BCUT2D eigenvalue weighted by molar-refractivity contribution is 6.76. The Bertz CT molecular complexity index is 1690. The molecule has 0 atom stereocenters. The van der Waals surface area contributed by atoms with E-state index >= 15 is 0 Å². The molecule has 8 nitrogen and oxygen atoms in total. The second-order valence-corrected chi connectivity index (χ2v) is 16.7. The highest BCUT2D eigenvalue weighted by atomic mass is 28.3. The minimum Gasteiger partial charge on any atom is -0.478 e. The summed E-state index contributed by atoms with van der Waals surface area (Å²) in [4.78, 5) is 20.6. The fourth-order valence-corrected chi connectivity index (χ4v) is 5.01. The first-order chi connectivity index (χ1) is 19.7. The largest absolute Gasteiger partial charge is 0.478 e. The zero-order valence-electron chi connectivity index (χ0n) is 23.4. The molecule has 0 aliphatic rings. The highest BCUT2D eigenvalue weighted by Crippen LogP contribution is 2.29. The van der Waals surface area contributed by atoms with Gasteiger partial charge in [0.15, 0.2) is 5.82 Å². The van der Waals surface area contributed by atoms with Crippen molar-refractivity contribution in [2.24, 2.45) is 0 Å². The van der Waals surface area contributed by atoms with Crippen LogP contribution in [0.15, 0.2) is 91.3 Å². The average molecular weight is 564 g/mol. The topological polar surface area (TPSA) is 102 Å². The van der Waals surface area contributed by atoms with Gasteiger partial charge in [-0.3, -0.25) is 0 Å². The van der Waals surface area contributed by atoms with Crippen LogP contribution in [-0.2, 0) is 16.3 Å². The van der Waals surface area contributed by atoms with E-state index in [1.807, 2.05) is 77.7 Å². The lowest BCUT2D eigenvalue weighted by atomic mass is 10.1. The van der Waals surface area contributed by atoms with E-state index in [9.17, 15) is 4.79 Å². The summed E-state index contributed by atoms with van der Waals surface area (Å²) in [5, 5.41) is 17.8. The molecule has 0 radical (unpaired) electrons. The van der Waals surface area contributed by atoms with Crippen LogP contribution in [0.2, 0.25) is 25.7 Å².